The molecule has 3 heteroatoms. The maximum absolute atomic E-state index is 3.01. The van der Waals surface area contributed by atoms with E-state index in [1.165, 1.54) is 29.5 Å². The second-order valence-corrected chi connectivity index (χ2v) is 48.0. The van der Waals surface area contributed by atoms with Gasteiger partial charge >= 0.3 is 191 Å². The summed E-state index contributed by atoms with van der Waals surface area (Å²) in [6.45, 7) is 19.1. The average molecular weight is 666 g/mol. The summed E-state index contributed by atoms with van der Waals surface area (Å²) in [6, 6.07) is 4.65. The molecule has 0 N–H and O–H groups in total. The van der Waals surface area contributed by atoms with Crippen molar-refractivity contribution in [1.82, 2.24) is 0 Å². The molecule has 0 spiro atoms. The van der Waals surface area contributed by atoms with E-state index in [1.807, 2.05) is 0 Å². The number of hydrogen-bond acceptors (Lipinski definition) is 0. The molecule has 146 valence electrons. The Morgan fingerprint density at radius 3 is 2.15 bits per heavy atom. The number of allylic oxidation sites excluding steroid dienone is 5. The van der Waals surface area contributed by atoms with Crippen molar-refractivity contribution in [2.45, 2.75) is 75.0 Å². The topological polar surface area (TPSA) is 0 Å². The van der Waals surface area contributed by atoms with E-state index in [1.54, 1.807) is 33.4 Å². The molecule has 2 unspecified atom stereocenters. The fourth-order valence-electron chi connectivity index (χ4n) is 5.35. The first-order valence-corrected chi connectivity index (χ1v) is 27.3. The molecule has 1 aromatic carbocycles. The van der Waals surface area contributed by atoms with Gasteiger partial charge in [0.25, 0.3) is 0 Å². The molecule has 3 rings (SSSR count). The molecule has 0 heterocycles. The summed E-state index contributed by atoms with van der Waals surface area (Å²) in [5, 5.41) is 0. The molecule has 2 atom stereocenters. The van der Waals surface area contributed by atoms with E-state index in [4.69, 9.17) is 0 Å². The second kappa shape index (κ2) is 7.80. The summed E-state index contributed by atoms with van der Waals surface area (Å²) < 4.78 is 0.943. The van der Waals surface area contributed by atoms with Gasteiger partial charge in [0, 0.05) is 0 Å². The number of benzene rings is 1. The third-order valence-corrected chi connectivity index (χ3v) is 36.0. The molecule has 0 radical (unpaired) electrons. The van der Waals surface area contributed by atoms with Crippen molar-refractivity contribution in [2.24, 2.45) is 0 Å². The quantitative estimate of drug-likeness (QED) is 0.282. The van der Waals surface area contributed by atoms with Crippen molar-refractivity contribution in [1.29, 1.82) is 0 Å². The molecule has 0 fully saturated rings. The van der Waals surface area contributed by atoms with Gasteiger partial charge in [-0.05, 0) is 0 Å². The van der Waals surface area contributed by atoms with Gasteiger partial charge < -0.3 is 0 Å². The van der Waals surface area contributed by atoms with Crippen LogP contribution in [0.5, 0.6) is 0 Å². The molecule has 0 aromatic heterocycles. The molecule has 0 saturated heterocycles. The number of halogens is 2. The van der Waals surface area contributed by atoms with Gasteiger partial charge in [0.2, 0.25) is 0 Å². The van der Waals surface area contributed by atoms with Gasteiger partial charge in [0.05, 0.1) is 0 Å². The Kier molecular flexibility index (Phi) is 6.49. The van der Waals surface area contributed by atoms with Crippen LogP contribution in [0.1, 0.15) is 80.3 Å². The first-order valence-electron chi connectivity index (χ1n) is 10.0. The second-order valence-electron chi connectivity index (χ2n) is 8.70. The summed E-state index contributed by atoms with van der Waals surface area (Å²) in [5.41, 5.74) is 14.3. The van der Waals surface area contributed by atoms with Crippen LogP contribution in [-0.4, -0.2) is 0 Å². The van der Waals surface area contributed by atoms with E-state index in [0.29, 0.717) is 3.63 Å². The van der Waals surface area contributed by atoms with Crippen LogP contribution < -0.4 is 0 Å². The van der Waals surface area contributed by atoms with Crippen molar-refractivity contribution >= 4 is 42.2 Å². The third-order valence-electron chi connectivity index (χ3n) is 7.30. The van der Waals surface area contributed by atoms with E-state index in [0.717, 1.165) is 0 Å². The molecular formula is C24H32I2Zr. The van der Waals surface area contributed by atoms with Crippen LogP contribution in [0, 0.1) is 13.8 Å². The fraction of sp³-hybridized carbons (Fsp3) is 0.500. The number of rotatable bonds is 4. The van der Waals surface area contributed by atoms with E-state index in [-0.39, 0.29) is 3.12 Å². The minimum absolute atomic E-state index is 0.289. The molecule has 0 nitrogen and oxygen atoms in total. The number of aryl methyl sites for hydroxylation is 2. The molecule has 2 aliphatic rings. The normalized spacial score (nSPS) is 25.4. The SMILES string of the molecule is CCCC1=C(C)C(C)=C(C)[C]1(C)[Zr]([I])([I])[CH]1C(C)=Cc2c(C)ccc(C)c21. The van der Waals surface area contributed by atoms with E-state index in [2.05, 4.69) is 110 Å². The van der Waals surface area contributed by atoms with Crippen LogP contribution in [0.25, 0.3) is 6.08 Å². The number of hydrogen-bond donors (Lipinski definition) is 0. The summed E-state index contributed by atoms with van der Waals surface area (Å²) in [6.07, 6.45) is 4.99. The van der Waals surface area contributed by atoms with Gasteiger partial charge in [-0.25, -0.2) is 0 Å². The monoisotopic (exact) mass is 664 g/mol. The third kappa shape index (κ3) is 3.19. The van der Waals surface area contributed by atoms with E-state index < -0.39 is 11.9 Å². The van der Waals surface area contributed by atoms with Crippen LogP contribution in [0.2, 0.25) is 3.12 Å². The maximum atomic E-state index is 3.01. The van der Waals surface area contributed by atoms with Crippen LogP contribution in [0.4, 0.5) is 0 Å². The molecule has 0 aliphatic heterocycles. The van der Waals surface area contributed by atoms with Crippen molar-refractivity contribution in [3.8, 4) is 0 Å². The van der Waals surface area contributed by atoms with Crippen molar-refractivity contribution in [3.63, 3.8) is 0 Å². The minimum atomic E-state index is -2.78. The Morgan fingerprint density at radius 2 is 1.56 bits per heavy atom. The number of fused-ring (bicyclic) bond motifs is 1. The van der Waals surface area contributed by atoms with Crippen molar-refractivity contribution < 1.29 is 11.9 Å². The molecule has 2 aliphatic carbocycles. The van der Waals surface area contributed by atoms with Crippen LogP contribution in [-0.2, 0) is 11.9 Å². The van der Waals surface area contributed by atoms with Crippen molar-refractivity contribution in [3.05, 3.63) is 62.3 Å². The Hall–Kier alpha value is 0.783. The first kappa shape index (κ1) is 22.5. The van der Waals surface area contributed by atoms with Gasteiger partial charge in [-0.3, -0.25) is 0 Å². The van der Waals surface area contributed by atoms with E-state index >= 15 is 0 Å². The fourth-order valence-corrected chi connectivity index (χ4v) is 31.8. The molecule has 27 heavy (non-hydrogen) atoms. The summed E-state index contributed by atoms with van der Waals surface area (Å²) >= 11 is 3.25. The average Bonchev–Trinajstić information content (AvgIpc) is 3.05. The Balaban J connectivity index is 2.25. The Labute approximate surface area is 189 Å². The van der Waals surface area contributed by atoms with Crippen LogP contribution in [0.3, 0.4) is 0 Å². The predicted octanol–water partition coefficient (Wildman–Crippen LogP) is 9.26. The first-order chi connectivity index (χ1) is 12.5. The van der Waals surface area contributed by atoms with E-state index in [9.17, 15) is 0 Å². The summed E-state index contributed by atoms with van der Waals surface area (Å²) in [7, 11) is 0. The van der Waals surface area contributed by atoms with Gasteiger partial charge in [-0.2, -0.15) is 0 Å². The van der Waals surface area contributed by atoms with Gasteiger partial charge in [-0.15, -0.1) is 0 Å². The van der Waals surface area contributed by atoms with Gasteiger partial charge in [-0.1, -0.05) is 0 Å². The summed E-state index contributed by atoms with van der Waals surface area (Å²) in [4.78, 5) is 0. The predicted molar refractivity (Wildman–Crippen MR) is 135 cm³/mol. The zero-order valence-electron chi connectivity index (χ0n) is 18.0. The molecule has 0 saturated carbocycles. The Bertz CT molecular complexity index is 901. The molecule has 0 bridgehead atoms. The Morgan fingerprint density at radius 1 is 0.963 bits per heavy atom. The summed E-state index contributed by atoms with van der Waals surface area (Å²) in [5.74, 6) is 0. The standard InChI is InChI=1S/C12H13.C12H19.2HI.Zr/c1-8-6-11-9(2)4-5-10(3)12(11)7-8;1-6-7-12-10(4)8(2)9(3)11(12)5;;;/h4-7H,1-3H3;6-7H2,1-5H3;2*1H;/q;;;;+2/p-2. The van der Waals surface area contributed by atoms with Gasteiger partial charge in [0.1, 0.15) is 0 Å². The zero-order valence-corrected chi connectivity index (χ0v) is 24.8. The van der Waals surface area contributed by atoms with Crippen LogP contribution >= 0.6 is 36.1 Å². The molecular weight excluding hydrogens is 633 g/mol. The van der Waals surface area contributed by atoms with Crippen molar-refractivity contribution in [2.75, 3.05) is 0 Å². The zero-order chi connectivity index (χ0) is 20.3. The molecule has 1 aromatic rings. The molecule has 0 amide bonds. The van der Waals surface area contributed by atoms with Gasteiger partial charge in [0.15, 0.2) is 0 Å². The van der Waals surface area contributed by atoms with Crippen LogP contribution in [0.15, 0.2) is 40.0 Å².